The Morgan fingerprint density at radius 2 is 1.86 bits per heavy atom. The molecule has 4 nitrogen and oxygen atoms in total. The third kappa shape index (κ3) is 3.19. The quantitative estimate of drug-likeness (QED) is 0.876. The molecule has 1 aliphatic carbocycles. The van der Waals surface area contributed by atoms with Crippen LogP contribution in [0, 0.1) is 11.3 Å². The molecule has 0 fully saturated rings. The molecule has 0 saturated heterocycles. The molecular weight excluding hydrogens is 260 g/mol. The maximum absolute atomic E-state index is 8.81. The summed E-state index contributed by atoms with van der Waals surface area (Å²) in [5.41, 5.74) is 4.32. The van der Waals surface area contributed by atoms with Gasteiger partial charge in [0.1, 0.15) is 12.1 Å². The van der Waals surface area contributed by atoms with Crippen molar-refractivity contribution in [2.24, 2.45) is 0 Å². The van der Waals surface area contributed by atoms with Crippen LogP contribution in [0.2, 0.25) is 0 Å². The molecule has 0 saturated carbocycles. The van der Waals surface area contributed by atoms with E-state index in [4.69, 9.17) is 5.26 Å². The van der Waals surface area contributed by atoms with E-state index in [2.05, 4.69) is 21.4 Å². The molecule has 0 aliphatic heterocycles. The molecule has 3 rings (SSSR count). The minimum Gasteiger partial charge on any atom is -0.366 e. The zero-order valence-electron chi connectivity index (χ0n) is 12.0. The SMILES string of the molecule is N#Cc1ccc(CNc2ncnc3c2CCCCC3)cc1. The Morgan fingerprint density at radius 3 is 2.67 bits per heavy atom. The summed E-state index contributed by atoms with van der Waals surface area (Å²) in [7, 11) is 0. The van der Waals surface area contributed by atoms with Crippen molar-refractivity contribution >= 4 is 5.82 Å². The molecule has 1 aromatic heterocycles. The second kappa shape index (κ2) is 6.36. The molecule has 2 aromatic rings. The molecular formula is C17H18N4. The standard InChI is InChI=1S/C17H18N4/c18-10-13-6-8-14(9-7-13)11-19-17-15-4-2-1-3-5-16(15)20-12-21-17/h6-9,12H,1-5,11H2,(H,19,20,21). The summed E-state index contributed by atoms with van der Waals surface area (Å²) in [6, 6.07) is 9.78. The van der Waals surface area contributed by atoms with Gasteiger partial charge in [-0.15, -0.1) is 0 Å². The summed E-state index contributed by atoms with van der Waals surface area (Å²) < 4.78 is 0. The molecule has 0 radical (unpaired) electrons. The summed E-state index contributed by atoms with van der Waals surface area (Å²) in [6.07, 6.45) is 7.48. The number of fused-ring (bicyclic) bond motifs is 1. The van der Waals surface area contributed by atoms with Gasteiger partial charge < -0.3 is 5.32 Å². The highest BCUT2D eigenvalue weighted by molar-refractivity contribution is 5.47. The van der Waals surface area contributed by atoms with Gasteiger partial charge in [0.05, 0.1) is 11.6 Å². The van der Waals surface area contributed by atoms with Gasteiger partial charge in [0.25, 0.3) is 0 Å². The Morgan fingerprint density at radius 1 is 1.05 bits per heavy atom. The largest absolute Gasteiger partial charge is 0.366 e. The number of hydrogen-bond donors (Lipinski definition) is 1. The average molecular weight is 278 g/mol. The fourth-order valence-electron chi connectivity index (χ4n) is 2.73. The maximum atomic E-state index is 8.81. The first-order chi connectivity index (χ1) is 10.4. The van der Waals surface area contributed by atoms with Crippen LogP contribution in [0.3, 0.4) is 0 Å². The first kappa shape index (κ1) is 13.6. The first-order valence-electron chi connectivity index (χ1n) is 7.42. The predicted octanol–water partition coefficient (Wildman–Crippen LogP) is 3.23. The number of benzene rings is 1. The van der Waals surface area contributed by atoms with Crippen LogP contribution in [0.1, 0.15) is 41.6 Å². The number of anilines is 1. The lowest BCUT2D eigenvalue weighted by atomic mass is 10.1. The molecule has 0 amide bonds. The number of nitrogens with one attached hydrogen (secondary N) is 1. The molecule has 21 heavy (non-hydrogen) atoms. The molecule has 1 aliphatic rings. The van der Waals surface area contributed by atoms with Gasteiger partial charge in [-0.3, -0.25) is 0 Å². The van der Waals surface area contributed by atoms with E-state index in [1.54, 1.807) is 6.33 Å². The van der Waals surface area contributed by atoms with Crippen molar-refractivity contribution in [3.8, 4) is 6.07 Å². The minimum absolute atomic E-state index is 0.689. The number of hydrogen-bond acceptors (Lipinski definition) is 4. The van der Waals surface area contributed by atoms with Crippen LogP contribution < -0.4 is 5.32 Å². The molecule has 0 atom stereocenters. The van der Waals surface area contributed by atoms with Crippen LogP contribution in [0.4, 0.5) is 5.82 Å². The highest BCUT2D eigenvalue weighted by Crippen LogP contribution is 2.24. The van der Waals surface area contributed by atoms with Crippen molar-refractivity contribution < 1.29 is 0 Å². The predicted molar refractivity (Wildman–Crippen MR) is 81.8 cm³/mol. The Balaban J connectivity index is 1.74. The lowest BCUT2D eigenvalue weighted by Gasteiger charge is -2.12. The Bertz CT molecular complexity index is 655. The Kier molecular flexibility index (Phi) is 4.11. The van der Waals surface area contributed by atoms with Crippen LogP contribution in [-0.2, 0) is 19.4 Å². The van der Waals surface area contributed by atoms with E-state index >= 15 is 0 Å². The van der Waals surface area contributed by atoms with E-state index in [1.807, 2.05) is 24.3 Å². The molecule has 1 aromatic carbocycles. The van der Waals surface area contributed by atoms with Gasteiger partial charge in [0, 0.05) is 17.8 Å². The van der Waals surface area contributed by atoms with Gasteiger partial charge >= 0.3 is 0 Å². The monoisotopic (exact) mass is 278 g/mol. The fraction of sp³-hybridized carbons (Fsp3) is 0.353. The summed E-state index contributed by atoms with van der Waals surface area (Å²) >= 11 is 0. The van der Waals surface area contributed by atoms with Gasteiger partial charge in [-0.2, -0.15) is 5.26 Å². The van der Waals surface area contributed by atoms with Crippen molar-refractivity contribution in [1.82, 2.24) is 9.97 Å². The van der Waals surface area contributed by atoms with Crippen molar-refractivity contribution in [3.05, 3.63) is 53.0 Å². The van der Waals surface area contributed by atoms with Gasteiger partial charge in [-0.1, -0.05) is 18.6 Å². The summed E-state index contributed by atoms with van der Waals surface area (Å²) in [4.78, 5) is 8.84. The highest BCUT2D eigenvalue weighted by atomic mass is 15.0. The lowest BCUT2D eigenvalue weighted by Crippen LogP contribution is -2.07. The van der Waals surface area contributed by atoms with Crippen molar-refractivity contribution in [2.75, 3.05) is 5.32 Å². The van der Waals surface area contributed by atoms with E-state index in [9.17, 15) is 0 Å². The summed E-state index contributed by atoms with van der Waals surface area (Å²) in [5.74, 6) is 0.964. The summed E-state index contributed by atoms with van der Waals surface area (Å²) in [6.45, 7) is 0.717. The number of nitrogens with zero attached hydrogens (tertiary/aromatic N) is 3. The number of rotatable bonds is 3. The minimum atomic E-state index is 0.689. The molecule has 0 bridgehead atoms. The van der Waals surface area contributed by atoms with Gasteiger partial charge in [-0.05, 0) is 43.4 Å². The number of nitriles is 1. The molecule has 1 N–H and O–H groups in total. The number of aryl methyl sites for hydroxylation is 1. The van der Waals surface area contributed by atoms with Crippen LogP contribution >= 0.6 is 0 Å². The average Bonchev–Trinajstić information content (AvgIpc) is 2.79. The van der Waals surface area contributed by atoms with E-state index in [0.29, 0.717) is 5.56 Å². The lowest BCUT2D eigenvalue weighted by molar-refractivity contribution is 0.709. The van der Waals surface area contributed by atoms with Crippen LogP contribution in [0.5, 0.6) is 0 Å². The Hall–Kier alpha value is -2.41. The van der Waals surface area contributed by atoms with Crippen molar-refractivity contribution in [2.45, 2.75) is 38.6 Å². The number of aromatic nitrogens is 2. The van der Waals surface area contributed by atoms with Gasteiger partial charge in [0.2, 0.25) is 0 Å². The van der Waals surface area contributed by atoms with Crippen molar-refractivity contribution in [1.29, 1.82) is 5.26 Å². The topological polar surface area (TPSA) is 61.6 Å². The third-order valence-corrected chi connectivity index (χ3v) is 3.92. The van der Waals surface area contributed by atoms with Crippen LogP contribution in [0.15, 0.2) is 30.6 Å². The molecule has 4 heteroatoms. The zero-order chi connectivity index (χ0) is 14.5. The highest BCUT2D eigenvalue weighted by Gasteiger charge is 2.13. The van der Waals surface area contributed by atoms with Crippen LogP contribution in [0.25, 0.3) is 0 Å². The molecule has 1 heterocycles. The van der Waals surface area contributed by atoms with E-state index in [-0.39, 0.29) is 0 Å². The van der Waals surface area contributed by atoms with E-state index in [0.717, 1.165) is 30.8 Å². The first-order valence-corrected chi connectivity index (χ1v) is 7.42. The van der Waals surface area contributed by atoms with Gasteiger partial charge in [-0.25, -0.2) is 9.97 Å². The maximum Gasteiger partial charge on any atom is 0.133 e. The van der Waals surface area contributed by atoms with Crippen molar-refractivity contribution in [3.63, 3.8) is 0 Å². The Labute approximate surface area is 124 Å². The second-order valence-electron chi connectivity index (χ2n) is 5.37. The summed E-state index contributed by atoms with van der Waals surface area (Å²) in [5, 5.41) is 12.2. The zero-order valence-corrected chi connectivity index (χ0v) is 12.0. The fourth-order valence-corrected chi connectivity index (χ4v) is 2.73. The van der Waals surface area contributed by atoms with E-state index < -0.39 is 0 Å². The molecule has 106 valence electrons. The van der Waals surface area contributed by atoms with Gasteiger partial charge in [0.15, 0.2) is 0 Å². The molecule has 0 spiro atoms. The molecule has 0 unspecified atom stereocenters. The van der Waals surface area contributed by atoms with Crippen LogP contribution in [-0.4, -0.2) is 9.97 Å². The normalized spacial score (nSPS) is 13.9. The second-order valence-corrected chi connectivity index (χ2v) is 5.37. The van der Waals surface area contributed by atoms with E-state index in [1.165, 1.54) is 30.5 Å². The smallest absolute Gasteiger partial charge is 0.133 e. The third-order valence-electron chi connectivity index (χ3n) is 3.92.